The van der Waals surface area contributed by atoms with Gasteiger partial charge >= 0.3 is 5.97 Å². The minimum Gasteiger partial charge on any atom is -0.466 e. The number of hydrogen-bond acceptors (Lipinski definition) is 5. The van der Waals surface area contributed by atoms with Gasteiger partial charge in [-0.05, 0) is 44.7 Å². The molecular formula is C15H29N3O3. The third-order valence-electron chi connectivity index (χ3n) is 4.05. The van der Waals surface area contributed by atoms with Crippen molar-refractivity contribution in [2.75, 3.05) is 39.3 Å². The van der Waals surface area contributed by atoms with Crippen molar-refractivity contribution in [3.8, 4) is 0 Å². The molecular weight excluding hydrogens is 270 g/mol. The van der Waals surface area contributed by atoms with Gasteiger partial charge in [0.05, 0.1) is 13.2 Å². The van der Waals surface area contributed by atoms with Gasteiger partial charge < -0.3 is 15.8 Å². The van der Waals surface area contributed by atoms with E-state index in [-0.39, 0.29) is 11.9 Å². The number of esters is 1. The number of nitrogens with one attached hydrogen (secondary N) is 1. The van der Waals surface area contributed by atoms with Crippen LogP contribution in [0, 0.1) is 11.8 Å². The molecule has 1 fully saturated rings. The molecule has 2 atom stereocenters. The van der Waals surface area contributed by atoms with Crippen molar-refractivity contribution in [2.24, 2.45) is 17.6 Å². The number of ether oxygens (including phenoxy) is 1. The first kappa shape index (κ1) is 17.9. The summed E-state index contributed by atoms with van der Waals surface area (Å²) in [6.07, 6.45) is 2.07. The Bertz CT molecular complexity index is 336. The molecule has 1 rings (SSSR count). The maximum atomic E-state index is 11.9. The SMILES string of the molecule is CCOC(=O)CCCNC(=O)CN1CCC(C)C(CN)C1. The fourth-order valence-electron chi connectivity index (χ4n) is 2.63. The number of piperidine rings is 1. The number of nitrogens with zero attached hydrogens (tertiary/aromatic N) is 1. The van der Waals surface area contributed by atoms with E-state index in [4.69, 9.17) is 10.5 Å². The average molecular weight is 299 g/mol. The number of carbonyl (C=O) groups excluding carboxylic acids is 2. The molecule has 0 bridgehead atoms. The number of hydrogen-bond donors (Lipinski definition) is 2. The van der Waals surface area contributed by atoms with Crippen LogP contribution in [0.25, 0.3) is 0 Å². The second-order valence-electron chi connectivity index (χ2n) is 5.76. The second kappa shape index (κ2) is 9.73. The lowest BCUT2D eigenvalue weighted by atomic mass is 9.87. The summed E-state index contributed by atoms with van der Waals surface area (Å²) in [7, 11) is 0. The smallest absolute Gasteiger partial charge is 0.305 e. The fraction of sp³-hybridized carbons (Fsp3) is 0.867. The summed E-state index contributed by atoms with van der Waals surface area (Å²) in [4.78, 5) is 25.2. The van der Waals surface area contributed by atoms with Crippen molar-refractivity contribution in [2.45, 2.75) is 33.1 Å². The van der Waals surface area contributed by atoms with Crippen LogP contribution in [0.15, 0.2) is 0 Å². The molecule has 0 aliphatic carbocycles. The normalized spacial score (nSPS) is 22.8. The van der Waals surface area contributed by atoms with Crippen LogP contribution in [0.3, 0.4) is 0 Å². The van der Waals surface area contributed by atoms with Gasteiger partial charge in [0, 0.05) is 19.5 Å². The molecule has 0 aromatic heterocycles. The summed E-state index contributed by atoms with van der Waals surface area (Å²) < 4.78 is 4.83. The Labute approximate surface area is 127 Å². The highest BCUT2D eigenvalue weighted by Gasteiger charge is 2.25. The predicted molar refractivity (Wildman–Crippen MR) is 81.6 cm³/mol. The lowest BCUT2D eigenvalue weighted by Gasteiger charge is -2.36. The standard InChI is InChI=1S/C15H29N3O3/c1-3-21-15(20)5-4-7-17-14(19)11-18-8-6-12(2)13(9-16)10-18/h12-13H,3-11,16H2,1-2H3,(H,17,19). The molecule has 3 N–H and O–H groups in total. The third kappa shape index (κ3) is 6.91. The van der Waals surface area contributed by atoms with Crippen LogP contribution in [0.2, 0.25) is 0 Å². The van der Waals surface area contributed by atoms with Crippen molar-refractivity contribution in [1.29, 1.82) is 0 Å². The van der Waals surface area contributed by atoms with E-state index in [0.717, 1.165) is 19.5 Å². The maximum Gasteiger partial charge on any atom is 0.305 e. The van der Waals surface area contributed by atoms with E-state index in [9.17, 15) is 9.59 Å². The van der Waals surface area contributed by atoms with Gasteiger partial charge in [0.25, 0.3) is 0 Å². The highest BCUT2D eigenvalue weighted by Crippen LogP contribution is 2.21. The van der Waals surface area contributed by atoms with Crippen LogP contribution in [0.4, 0.5) is 0 Å². The maximum absolute atomic E-state index is 11.9. The van der Waals surface area contributed by atoms with Crippen molar-refractivity contribution in [1.82, 2.24) is 10.2 Å². The summed E-state index contributed by atoms with van der Waals surface area (Å²) in [5.41, 5.74) is 5.77. The van der Waals surface area contributed by atoms with Crippen molar-refractivity contribution in [3.05, 3.63) is 0 Å². The number of carbonyl (C=O) groups is 2. The van der Waals surface area contributed by atoms with E-state index in [1.165, 1.54) is 0 Å². The van der Waals surface area contributed by atoms with Crippen molar-refractivity contribution in [3.63, 3.8) is 0 Å². The minimum absolute atomic E-state index is 0.0178. The Kier molecular flexibility index (Phi) is 8.30. The monoisotopic (exact) mass is 299 g/mol. The molecule has 6 heteroatoms. The first-order valence-corrected chi connectivity index (χ1v) is 7.91. The highest BCUT2D eigenvalue weighted by atomic mass is 16.5. The number of likely N-dealkylation sites (tertiary alicyclic amines) is 1. The Morgan fingerprint density at radius 2 is 2.19 bits per heavy atom. The summed E-state index contributed by atoms with van der Waals surface area (Å²) in [6.45, 7) is 7.88. The first-order chi connectivity index (χ1) is 10.1. The van der Waals surface area contributed by atoms with E-state index < -0.39 is 0 Å². The molecule has 6 nitrogen and oxygen atoms in total. The fourth-order valence-corrected chi connectivity index (χ4v) is 2.63. The summed E-state index contributed by atoms with van der Waals surface area (Å²) in [5, 5.41) is 2.85. The molecule has 2 unspecified atom stereocenters. The first-order valence-electron chi connectivity index (χ1n) is 7.91. The van der Waals surface area contributed by atoms with Gasteiger partial charge in [-0.2, -0.15) is 0 Å². The molecule has 1 amide bonds. The largest absolute Gasteiger partial charge is 0.466 e. The molecule has 0 aromatic carbocycles. The van der Waals surface area contributed by atoms with Crippen LogP contribution in [0.5, 0.6) is 0 Å². The van der Waals surface area contributed by atoms with E-state index in [0.29, 0.717) is 50.9 Å². The molecule has 0 saturated carbocycles. The lowest BCUT2D eigenvalue weighted by Crippen LogP contribution is -2.46. The molecule has 0 spiro atoms. The van der Waals surface area contributed by atoms with Crippen LogP contribution < -0.4 is 11.1 Å². The van der Waals surface area contributed by atoms with E-state index in [1.54, 1.807) is 6.92 Å². The van der Waals surface area contributed by atoms with Gasteiger partial charge in [0.15, 0.2) is 0 Å². The van der Waals surface area contributed by atoms with Crippen molar-refractivity contribution >= 4 is 11.9 Å². The Balaban J connectivity index is 2.15. The molecule has 1 aliphatic rings. The van der Waals surface area contributed by atoms with Gasteiger partial charge in [-0.3, -0.25) is 14.5 Å². The van der Waals surface area contributed by atoms with E-state index in [1.807, 2.05) is 0 Å². The predicted octanol–water partition coefficient (Wildman–Crippen LogP) is 0.363. The quantitative estimate of drug-likeness (QED) is 0.499. The molecule has 0 aromatic rings. The number of amides is 1. The summed E-state index contributed by atoms with van der Waals surface area (Å²) >= 11 is 0. The van der Waals surface area contributed by atoms with Crippen LogP contribution >= 0.6 is 0 Å². The summed E-state index contributed by atoms with van der Waals surface area (Å²) in [6, 6.07) is 0. The van der Waals surface area contributed by atoms with Crippen LogP contribution in [-0.2, 0) is 14.3 Å². The highest BCUT2D eigenvalue weighted by molar-refractivity contribution is 5.78. The van der Waals surface area contributed by atoms with Gasteiger partial charge in [0.2, 0.25) is 5.91 Å². The zero-order valence-electron chi connectivity index (χ0n) is 13.3. The second-order valence-corrected chi connectivity index (χ2v) is 5.76. The number of rotatable bonds is 8. The van der Waals surface area contributed by atoms with E-state index in [2.05, 4.69) is 17.1 Å². The van der Waals surface area contributed by atoms with Gasteiger partial charge in [0.1, 0.15) is 0 Å². The van der Waals surface area contributed by atoms with Gasteiger partial charge in [-0.1, -0.05) is 6.92 Å². The molecule has 122 valence electrons. The Morgan fingerprint density at radius 1 is 1.43 bits per heavy atom. The van der Waals surface area contributed by atoms with Crippen LogP contribution in [-0.4, -0.2) is 56.1 Å². The van der Waals surface area contributed by atoms with Crippen LogP contribution in [0.1, 0.15) is 33.1 Å². The van der Waals surface area contributed by atoms with Gasteiger partial charge in [-0.25, -0.2) is 0 Å². The third-order valence-corrected chi connectivity index (χ3v) is 4.05. The zero-order chi connectivity index (χ0) is 15.7. The summed E-state index contributed by atoms with van der Waals surface area (Å²) in [5.74, 6) is 0.931. The Hall–Kier alpha value is -1.14. The Morgan fingerprint density at radius 3 is 2.86 bits per heavy atom. The molecule has 21 heavy (non-hydrogen) atoms. The molecule has 1 aliphatic heterocycles. The topological polar surface area (TPSA) is 84.7 Å². The lowest BCUT2D eigenvalue weighted by molar-refractivity contribution is -0.143. The minimum atomic E-state index is -0.206. The van der Waals surface area contributed by atoms with E-state index >= 15 is 0 Å². The van der Waals surface area contributed by atoms with Crippen molar-refractivity contribution < 1.29 is 14.3 Å². The molecule has 0 radical (unpaired) electrons. The average Bonchev–Trinajstić information content (AvgIpc) is 2.46. The number of nitrogens with two attached hydrogens (primary N) is 1. The van der Waals surface area contributed by atoms with Gasteiger partial charge in [-0.15, -0.1) is 0 Å². The molecule has 1 heterocycles. The zero-order valence-corrected chi connectivity index (χ0v) is 13.3. The molecule has 1 saturated heterocycles.